The van der Waals surface area contributed by atoms with E-state index >= 15 is 0 Å². The molecule has 0 radical (unpaired) electrons. The lowest BCUT2D eigenvalue weighted by molar-refractivity contribution is -0.384. The SMILES string of the molecule is CC(N)C1CCN(C(C)c2cccc([N+](=O)[O-])c2)C1. The second-order valence-electron chi connectivity index (χ2n) is 5.43. The van der Waals surface area contributed by atoms with Gasteiger partial charge in [0, 0.05) is 30.8 Å². The van der Waals surface area contributed by atoms with Crippen LogP contribution in [0.2, 0.25) is 0 Å². The van der Waals surface area contributed by atoms with Crippen LogP contribution < -0.4 is 5.73 Å². The van der Waals surface area contributed by atoms with E-state index in [0.717, 1.165) is 25.1 Å². The highest BCUT2D eigenvalue weighted by molar-refractivity contribution is 5.35. The first-order chi connectivity index (χ1) is 8.99. The van der Waals surface area contributed by atoms with Gasteiger partial charge in [0.1, 0.15) is 0 Å². The van der Waals surface area contributed by atoms with Gasteiger partial charge in [0.05, 0.1) is 4.92 Å². The molecule has 0 aliphatic carbocycles. The van der Waals surface area contributed by atoms with Crippen molar-refractivity contribution in [3.63, 3.8) is 0 Å². The fourth-order valence-electron chi connectivity index (χ4n) is 2.71. The average Bonchev–Trinajstić information content (AvgIpc) is 2.87. The smallest absolute Gasteiger partial charge is 0.269 e. The van der Waals surface area contributed by atoms with Crippen LogP contribution in [-0.2, 0) is 0 Å². The molecule has 2 rings (SSSR count). The maximum Gasteiger partial charge on any atom is 0.269 e. The van der Waals surface area contributed by atoms with E-state index in [2.05, 4.69) is 11.8 Å². The fourth-order valence-corrected chi connectivity index (χ4v) is 2.71. The zero-order valence-electron chi connectivity index (χ0n) is 11.5. The van der Waals surface area contributed by atoms with Crippen molar-refractivity contribution in [2.45, 2.75) is 32.4 Å². The summed E-state index contributed by atoms with van der Waals surface area (Å²) >= 11 is 0. The highest BCUT2D eigenvalue weighted by Crippen LogP contribution is 2.29. The van der Waals surface area contributed by atoms with Crippen LogP contribution >= 0.6 is 0 Å². The first-order valence-corrected chi connectivity index (χ1v) is 6.73. The van der Waals surface area contributed by atoms with Gasteiger partial charge in [-0.25, -0.2) is 0 Å². The maximum atomic E-state index is 10.8. The maximum absolute atomic E-state index is 10.8. The summed E-state index contributed by atoms with van der Waals surface area (Å²) in [4.78, 5) is 12.8. The Balaban J connectivity index is 2.10. The molecule has 1 aromatic rings. The van der Waals surface area contributed by atoms with E-state index < -0.39 is 0 Å². The summed E-state index contributed by atoms with van der Waals surface area (Å²) in [6.45, 7) is 6.13. The van der Waals surface area contributed by atoms with E-state index in [1.54, 1.807) is 12.1 Å². The summed E-state index contributed by atoms with van der Waals surface area (Å²) in [6, 6.07) is 7.32. The molecular weight excluding hydrogens is 242 g/mol. The predicted octanol–water partition coefficient (Wildman–Crippen LogP) is 2.32. The van der Waals surface area contributed by atoms with E-state index in [1.165, 1.54) is 6.07 Å². The van der Waals surface area contributed by atoms with E-state index in [9.17, 15) is 10.1 Å². The van der Waals surface area contributed by atoms with Crippen molar-refractivity contribution in [2.75, 3.05) is 13.1 Å². The summed E-state index contributed by atoms with van der Waals surface area (Å²) in [5.41, 5.74) is 7.11. The van der Waals surface area contributed by atoms with Crippen molar-refractivity contribution >= 4 is 5.69 Å². The van der Waals surface area contributed by atoms with Crippen LogP contribution in [0.5, 0.6) is 0 Å². The molecule has 5 nitrogen and oxygen atoms in total. The molecule has 104 valence electrons. The predicted molar refractivity (Wildman–Crippen MR) is 74.8 cm³/mol. The molecule has 3 unspecified atom stereocenters. The first-order valence-electron chi connectivity index (χ1n) is 6.73. The topological polar surface area (TPSA) is 72.4 Å². The highest BCUT2D eigenvalue weighted by atomic mass is 16.6. The third-order valence-corrected chi connectivity index (χ3v) is 4.11. The zero-order chi connectivity index (χ0) is 14.0. The standard InChI is InChI=1S/C14H21N3O2/c1-10(15)13-6-7-16(9-13)11(2)12-4-3-5-14(8-12)17(18)19/h3-5,8,10-11,13H,6-7,9,15H2,1-2H3. The van der Waals surface area contributed by atoms with Crippen LogP contribution in [0, 0.1) is 16.0 Å². The van der Waals surface area contributed by atoms with Gasteiger partial charge in [-0.3, -0.25) is 15.0 Å². The lowest BCUT2D eigenvalue weighted by atomic mass is 10.0. The minimum atomic E-state index is -0.342. The van der Waals surface area contributed by atoms with E-state index in [-0.39, 0.29) is 22.7 Å². The van der Waals surface area contributed by atoms with Crippen LogP contribution in [0.1, 0.15) is 31.9 Å². The molecule has 1 aromatic carbocycles. The van der Waals surface area contributed by atoms with Gasteiger partial charge in [-0.15, -0.1) is 0 Å². The Morgan fingerprint density at radius 1 is 1.47 bits per heavy atom. The molecule has 19 heavy (non-hydrogen) atoms. The van der Waals surface area contributed by atoms with Crippen LogP contribution in [-0.4, -0.2) is 29.0 Å². The van der Waals surface area contributed by atoms with Crippen molar-refractivity contribution in [1.29, 1.82) is 0 Å². The lowest BCUT2D eigenvalue weighted by Crippen LogP contribution is -2.31. The zero-order valence-corrected chi connectivity index (χ0v) is 11.5. The van der Waals surface area contributed by atoms with Crippen molar-refractivity contribution in [2.24, 2.45) is 11.7 Å². The minimum Gasteiger partial charge on any atom is -0.328 e. The van der Waals surface area contributed by atoms with Gasteiger partial charge < -0.3 is 5.73 Å². The Morgan fingerprint density at radius 2 is 2.21 bits per heavy atom. The van der Waals surface area contributed by atoms with E-state index in [0.29, 0.717) is 5.92 Å². The molecule has 3 atom stereocenters. The number of nitrogens with zero attached hydrogens (tertiary/aromatic N) is 2. The Hall–Kier alpha value is -1.46. The Morgan fingerprint density at radius 3 is 2.79 bits per heavy atom. The number of nitro benzene ring substituents is 1. The van der Waals surface area contributed by atoms with Gasteiger partial charge in [-0.1, -0.05) is 12.1 Å². The molecule has 0 saturated carbocycles. The molecule has 1 heterocycles. The summed E-state index contributed by atoms with van der Waals surface area (Å²) in [5, 5.41) is 10.8. The van der Waals surface area contributed by atoms with Crippen molar-refractivity contribution in [3.05, 3.63) is 39.9 Å². The number of nitrogens with two attached hydrogens (primary N) is 1. The molecule has 0 spiro atoms. The number of hydrogen-bond donors (Lipinski definition) is 1. The van der Waals surface area contributed by atoms with E-state index in [1.807, 2.05) is 13.0 Å². The van der Waals surface area contributed by atoms with Crippen molar-refractivity contribution in [3.8, 4) is 0 Å². The summed E-state index contributed by atoms with van der Waals surface area (Å²) < 4.78 is 0. The van der Waals surface area contributed by atoms with Gasteiger partial charge in [-0.2, -0.15) is 0 Å². The second-order valence-corrected chi connectivity index (χ2v) is 5.43. The second kappa shape index (κ2) is 5.67. The quantitative estimate of drug-likeness (QED) is 0.668. The van der Waals surface area contributed by atoms with Crippen LogP contribution in [0.4, 0.5) is 5.69 Å². The minimum absolute atomic E-state index is 0.160. The molecule has 5 heteroatoms. The molecule has 1 fully saturated rings. The Kier molecular flexibility index (Phi) is 4.17. The summed E-state index contributed by atoms with van der Waals surface area (Å²) in [7, 11) is 0. The first kappa shape index (κ1) is 14.0. The van der Waals surface area contributed by atoms with Gasteiger partial charge in [0.25, 0.3) is 5.69 Å². The Labute approximate surface area is 113 Å². The van der Waals surface area contributed by atoms with Crippen LogP contribution in [0.25, 0.3) is 0 Å². The lowest BCUT2D eigenvalue weighted by Gasteiger charge is -2.25. The number of benzene rings is 1. The molecule has 2 N–H and O–H groups in total. The largest absolute Gasteiger partial charge is 0.328 e. The molecular formula is C14H21N3O2. The molecule has 1 aliphatic rings. The van der Waals surface area contributed by atoms with Crippen molar-refractivity contribution < 1.29 is 4.92 Å². The number of likely N-dealkylation sites (tertiary alicyclic amines) is 1. The number of nitro groups is 1. The third-order valence-electron chi connectivity index (χ3n) is 4.11. The summed E-state index contributed by atoms with van der Waals surface area (Å²) in [5.74, 6) is 0.529. The number of rotatable bonds is 4. The summed E-state index contributed by atoms with van der Waals surface area (Å²) in [6.07, 6.45) is 1.11. The van der Waals surface area contributed by atoms with Gasteiger partial charge in [0.15, 0.2) is 0 Å². The number of non-ortho nitro benzene ring substituents is 1. The Bertz CT molecular complexity index is 462. The molecule has 0 bridgehead atoms. The molecule has 0 amide bonds. The monoisotopic (exact) mass is 263 g/mol. The van der Waals surface area contributed by atoms with Crippen molar-refractivity contribution in [1.82, 2.24) is 4.90 Å². The normalized spacial score (nSPS) is 23.2. The van der Waals surface area contributed by atoms with Gasteiger partial charge >= 0.3 is 0 Å². The highest BCUT2D eigenvalue weighted by Gasteiger charge is 2.29. The molecule has 1 aliphatic heterocycles. The van der Waals surface area contributed by atoms with Crippen LogP contribution in [0.3, 0.4) is 0 Å². The van der Waals surface area contributed by atoms with E-state index in [4.69, 9.17) is 5.73 Å². The van der Waals surface area contributed by atoms with Gasteiger partial charge in [0.2, 0.25) is 0 Å². The van der Waals surface area contributed by atoms with Gasteiger partial charge in [-0.05, 0) is 38.3 Å². The molecule has 0 aromatic heterocycles. The number of hydrogen-bond acceptors (Lipinski definition) is 4. The molecule has 1 saturated heterocycles. The third kappa shape index (κ3) is 3.11. The fraction of sp³-hybridized carbons (Fsp3) is 0.571. The van der Waals surface area contributed by atoms with Crippen LogP contribution in [0.15, 0.2) is 24.3 Å². The average molecular weight is 263 g/mol.